The largest absolute Gasteiger partial charge is 0.497 e. The van der Waals surface area contributed by atoms with Crippen LogP contribution in [0.2, 0.25) is 0 Å². The van der Waals surface area contributed by atoms with Gasteiger partial charge in [0.25, 0.3) is 11.8 Å². The van der Waals surface area contributed by atoms with E-state index in [0.717, 1.165) is 0 Å². The van der Waals surface area contributed by atoms with Crippen LogP contribution >= 0.6 is 12.2 Å². The topological polar surface area (TPSA) is 67.9 Å². The standard InChI is InChI=1S/C21H18N2O4S/c1-3-12-23-20(25)17(19(24)22-21(23)28)13-14-6-4-5-7-18(14)27-16-10-8-15(26-2)9-11-16/h3-11,13H,1,12H2,2H3,(H,22,24,28). The molecule has 7 heteroatoms. The van der Waals surface area contributed by atoms with Crippen LogP contribution in [0, 0.1) is 0 Å². The summed E-state index contributed by atoms with van der Waals surface area (Å²) in [6.45, 7) is 3.82. The number of benzene rings is 2. The highest BCUT2D eigenvalue weighted by Crippen LogP contribution is 2.29. The van der Waals surface area contributed by atoms with Crippen LogP contribution in [-0.4, -0.2) is 35.5 Å². The average molecular weight is 394 g/mol. The first-order chi connectivity index (χ1) is 13.5. The molecule has 0 spiro atoms. The van der Waals surface area contributed by atoms with Crippen molar-refractivity contribution < 1.29 is 19.1 Å². The van der Waals surface area contributed by atoms with E-state index in [1.807, 2.05) is 6.07 Å². The summed E-state index contributed by atoms with van der Waals surface area (Å²) in [5, 5.41) is 2.59. The van der Waals surface area contributed by atoms with Gasteiger partial charge in [0.2, 0.25) is 0 Å². The van der Waals surface area contributed by atoms with Crippen molar-refractivity contribution in [1.82, 2.24) is 10.2 Å². The van der Waals surface area contributed by atoms with Crippen LogP contribution in [0.3, 0.4) is 0 Å². The van der Waals surface area contributed by atoms with Gasteiger partial charge in [-0.15, -0.1) is 6.58 Å². The molecule has 1 aliphatic rings. The highest BCUT2D eigenvalue weighted by atomic mass is 32.1. The number of hydrogen-bond acceptors (Lipinski definition) is 5. The smallest absolute Gasteiger partial charge is 0.265 e. The highest BCUT2D eigenvalue weighted by molar-refractivity contribution is 7.80. The lowest BCUT2D eigenvalue weighted by Gasteiger charge is -2.27. The number of carbonyl (C=O) groups is 2. The summed E-state index contributed by atoms with van der Waals surface area (Å²) in [7, 11) is 1.59. The summed E-state index contributed by atoms with van der Waals surface area (Å²) in [5.74, 6) is 0.790. The Bertz CT molecular complexity index is 967. The van der Waals surface area contributed by atoms with Crippen LogP contribution < -0.4 is 14.8 Å². The Balaban J connectivity index is 1.92. The van der Waals surface area contributed by atoms with Crippen LogP contribution in [0.15, 0.2) is 66.8 Å². The predicted octanol–water partition coefficient (Wildman–Crippen LogP) is 3.30. The normalized spacial score (nSPS) is 15.4. The first-order valence-electron chi connectivity index (χ1n) is 8.44. The zero-order chi connectivity index (χ0) is 20.1. The third kappa shape index (κ3) is 4.10. The molecule has 0 unspecified atom stereocenters. The molecule has 2 aromatic carbocycles. The van der Waals surface area contributed by atoms with E-state index in [0.29, 0.717) is 22.8 Å². The summed E-state index contributed by atoms with van der Waals surface area (Å²) in [6.07, 6.45) is 3.04. The van der Waals surface area contributed by atoms with Gasteiger partial charge in [-0.05, 0) is 48.6 Å². The number of methoxy groups -OCH3 is 1. The number of nitrogens with zero attached hydrogens (tertiary/aromatic N) is 1. The molecule has 2 amide bonds. The van der Waals surface area contributed by atoms with Gasteiger partial charge in [-0.25, -0.2) is 0 Å². The molecule has 0 saturated carbocycles. The molecule has 1 fully saturated rings. The lowest BCUT2D eigenvalue weighted by atomic mass is 10.1. The van der Waals surface area contributed by atoms with Gasteiger partial charge < -0.3 is 9.47 Å². The molecule has 142 valence electrons. The van der Waals surface area contributed by atoms with Crippen molar-refractivity contribution in [3.05, 3.63) is 72.3 Å². The molecule has 3 rings (SSSR count). The van der Waals surface area contributed by atoms with Crippen molar-refractivity contribution in [2.75, 3.05) is 13.7 Å². The van der Waals surface area contributed by atoms with Crippen molar-refractivity contribution in [1.29, 1.82) is 0 Å². The number of thiocarbonyl (C=S) groups is 1. The van der Waals surface area contributed by atoms with E-state index in [9.17, 15) is 9.59 Å². The minimum absolute atomic E-state index is 0.0266. The van der Waals surface area contributed by atoms with Crippen LogP contribution in [-0.2, 0) is 9.59 Å². The number of para-hydroxylation sites is 1. The van der Waals surface area contributed by atoms with Crippen molar-refractivity contribution in [3.8, 4) is 17.2 Å². The van der Waals surface area contributed by atoms with Gasteiger partial charge in [-0.2, -0.15) is 0 Å². The molecule has 1 heterocycles. The first-order valence-corrected chi connectivity index (χ1v) is 8.85. The van der Waals surface area contributed by atoms with E-state index in [-0.39, 0.29) is 17.2 Å². The highest BCUT2D eigenvalue weighted by Gasteiger charge is 2.32. The molecule has 0 aliphatic carbocycles. The molecular weight excluding hydrogens is 376 g/mol. The Labute approximate surface area is 168 Å². The van der Waals surface area contributed by atoms with Gasteiger partial charge in [-0.3, -0.25) is 19.8 Å². The molecule has 0 aromatic heterocycles. The van der Waals surface area contributed by atoms with E-state index in [2.05, 4.69) is 11.9 Å². The maximum Gasteiger partial charge on any atom is 0.265 e. The van der Waals surface area contributed by atoms with Gasteiger partial charge in [0, 0.05) is 12.1 Å². The van der Waals surface area contributed by atoms with E-state index in [1.165, 1.54) is 11.0 Å². The second-order valence-corrected chi connectivity index (χ2v) is 6.22. The second kappa shape index (κ2) is 8.49. The Kier molecular flexibility index (Phi) is 5.86. The summed E-state index contributed by atoms with van der Waals surface area (Å²) in [6, 6.07) is 14.2. The van der Waals surface area contributed by atoms with E-state index in [1.54, 1.807) is 55.7 Å². The van der Waals surface area contributed by atoms with E-state index in [4.69, 9.17) is 21.7 Å². The van der Waals surface area contributed by atoms with Crippen molar-refractivity contribution in [2.24, 2.45) is 0 Å². The molecule has 1 aliphatic heterocycles. The number of ether oxygens (including phenoxy) is 2. The van der Waals surface area contributed by atoms with Crippen molar-refractivity contribution in [2.45, 2.75) is 0 Å². The molecule has 6 nitrogen and oxygen atoms in total. The third-order valence-corrected chi connectivity index (χ3v) is 4.33. The molecule has 2 aromatic rings. The molecule has 1 saturated heterocycles. The van der Waals surface area contributed by atoms with Crippen molar-refractivity contribution >= 4 is 35.2 Å². The fourth-order valence-corrected chi connectivity index (χ4v) is 2.86. The Morgan fingerprint density at radius 3 is 2.46 bits per heavy atom. The SMILES string of the molecule is C=CCN1C(=O)C(=Cc2ccccc2Oc2ccc(OC)cc2)C(=O)NC1=S. The molecule has 0 atom stereocenters. The van der Waals surface area contributed by atoms with Crippen LogP contribution in [0.25, 0.3) is 6.08 Å². The lowest BCUT2D eigenvalue weighted by Crippen LogP contribution is -2.53. The maximum absolute atomic E-state index is 12.7. The average Bonchev–Trinajstić information content (AvgIpc) is 2.70. The summed E-state index contributed by atoms with van der Waals surface area (Å²) in [5.41, 5.74) is 0.560. The number of rotatable bonds is 6. The van der Waals surface area contributed by atoms with Gasteiger partial charge in [0.15, 0.2) is 5.11 Å². The molecule has 28 heavy (non-hydrogen) atoms. The molecule has 0 radical (unpaired) electrons. The van der Waals surface area contributed by atoms with Gasteiger partial charge in [0.05, 0.1) is 7.11 Å². The summed E-state index contributed by atoms with van der Waals surface area (Å²) in [4.78, 5) is 26.3. The van der Waals surface area contributed by atoms with Gasteiger partial charge in [0.1, 0.15) is 22.8 Å². The third-order valence-electron chi connectivity index (χ3n) is 4.00. The zero-order valence-corrected chi connectivity index (χ0v) is 16.0. The minimum Gasteiger partial charge on any atom is -0.497 e. The van der Waals surface area contributed by atoms with Crippen molar-refractivity contribution in [3.63, 3.8) is 0 Å². The molecule has 0 bridgehead atoms. The van der Waals surface area contributed by atoms with E-state index >= 15 is 0 Å². The number of nitrogens with one attached hydrogen (secondary N) is 1. The van der Waals surface area contributed by atoms with Crippen LogP contribution in [0.4, 0.5) is 0 Å². The zero-order valence-electron chi connectivity index (χ0n) is 15.2. The Hall–Kier alpha value is -3.45. The van der Waals surface area contributed by atoms with E-state index < -0.39 is 11.8 Å². The Morgan fingerprint density at radius 1 is 1.11 bits per heavy atom. The molecular formula is C21H18N2O4S. The maximum atomic E-state index is 12.7. The second-order valence-electron chi connectivity index (χ2n) is 5.84. The lowest BCUT2D eigenvalue weighted by molar-refractivity contribution is -0.128. The minimum atomic E-state index is -0.547. The Morgan fingerprint density at radius 2 is 1.79 bits per heavy atom. The quantitative estimate of drug-likeness (QED) is 0.352. The fraction of sp³-hybridized carbons (Fsp3) is 0.0952. The van der Waals surface area contributed by atoms with Crippen LogP contribution in [0.5, 0.6) is 17.2 Å². The molecule has 1 N–H and O–H groups in total. The summed E-state index contributed by atoms with van der Waals surface area (Å²) < 4.78 is 11.1. The van der Waals surface area contributed by atoms with Gasteiger partial charge >= 0.3 is 0 Å². The number of carbonyl (C=O) groups excluding carboxylic acids is 2. The van der Waals surface area contributed by atoms with Crippen LogP contribution in [0.1, 0.15) is 5.56 Å². The predicted molar refractivity (Wildman–Crippen MR) is 110 cm³/mol. The fourth-order valence-electron chi connectivity index (χ4n) is 2.61. The number of hydrogen-bond donors (Lipinski definition) is 1. The number of amides is 2. The monoisotopic (exact) mass is 394 g/mol. The first kappa shape index (κ1) is 19.3. The summed E-state index contributed by atoms with van der Waals surface area (Å²) >= 11 is 5.06. The van der Waals surface area contributed by atoms with Gasteiger partial charge in [-0.1, -0.05) is 24.3 Å².